The first kappa shape index (κ1) is 12.1. The SMILES string of the molecule is O=C1COc2cc(Nc3ncnc4ccsc34)ccc2N1. The lowest BCUT2D eigenvalue weighted by Gasteiger charge is -2.18. The van der Waals surface area contributed by atoms with Crippen LogP contribution >= 0.6 is 11.3 Å². The van der Waals surface area contributed by atoms with Crippen molar-refractivity contribution in [3.05, 3.63) is 36.0 Å². The molecule has 6 nitrogen and oxygen atoms in total. The Hall–Kier alpha value is -2.67. The molecule has 2 aromatic heterocycles. The molecule has 1 aromatic carbocycles. The van der Waals surface area contributed by atoms with Crippen LogP contribution in [0, 0.1) is 0 Å². The highest BCUT2D eigenvalue weighted by atomic mass is 32.1. The number of nitrogens with zero attached hydrogens (tertiary/aromatic N) is 2. The topological polar surface area (TPSA) is 76.1 Å². The second-order valence-electron chi connectivity index (χ2n) is 4.53. The number of thiophene rings is 1. The predicted octanol–water partition coefficient (Wildman–Crippen LogP) is 2.77. The molecule has 1 aliphatic heterocycles. The molecule has 0 aliphatic carbocycles. The number of nitrogens with one attached hydrogen (secondary N) is 2. The van der Waals surface area contributed by atoms with E-state index in [9.17, 15) is 4.79 Å². The van der Waals surface area contributed by atoms with Gasteiger partial charge in [-0.15, -0.1) is 11.3 Å². The molecule has 1 aliphatic rings. The number of carbonyl (C=O) groups is 1. The Kier molecular flexibility index (Phi) is 2.71. The Bertz CT molecular complexity index is 846. The van der Waals surface area contributed by atoms with Gasteiger partial charge in [-0.2, -0.15) is 0 Å². The minimum atomic E-state index is -0.140. The summed E-state index contributed by atoms with van der Waals surface area (Å²) < 4.78 is 6.41. The molecule has 2 N–H and O–H groups in total. The van der Waals surface area contributed by atoms with Gasteiger partial charge in [0.2, 0.25) is 0 Å². The molecule has 0 radical (unpaired) electrons. The van der Waals surface area contributed by atoms with Crippen molar-refractivity contribution in [2.45, 2.75) is 0 Å². The Morgan fingerprint density at radius 3 is 3.19 bits per heavy atom. The summed E-state index contributed by atoms with van der Waals surface area (Å²) in [5.41, 5.74) is 2.44. The maximum absolute atomic E-state index is 11.3. The second kappa shape index (κ2) is 4.71. The highest BCUT2D eigenvalue weighted by Crippen LogP contribution is 2.33. The van der Waals surface area contributed by atoms with Crippen molar-refractivity contribution >= 4 is 44.7 Å². The molecule has 104 valence electrons. The fourth-order valence-corrected chi connectivity index (χ4v) is 2.96. The summed E-state index contributed by atoms with van der Waals surface area (Å²) in [4.78, 5) is 19.7. The van der Waals surface area contributed by atoms with E-state index >= 15 is 0 Å². The maximum Gasteiger partial charge on any atom is 0.262 e. The van der Waals surface area contributed by atoms with Crippen molar-refractivity contribution in [2.75, 3.05) is 17.2 Å². The zero-order chi connectivity index (χ0) is 14.2. The lowest BCUT2D eigenvalue weighted by molar-refractivity contribution is -0.118. The van der Waals surface area contributed by atoms with Crippen LogP contribution in [0.4, 0.5) is 17.2 Å². The third-order valence-corrected chi connectivity index (χ3v) is 4.03. The third kappa shape index (κ3) is 2.17. The number of carbonyl (C=O) groups excluding carboxylic acids is 1. The molecule has 21 heavy (non-hydrogen) atoms. The minimum Gasteiger partial charge on any atom is -0.482 e. The highest BCUT2D eigenvalue weighted by molar-refractivity contribution is 7.17. The molecule has 0 atom stereocenters. The number of hydrogen-bond acceptors (Lipinski definition) is 6. The van der Waals surface area contributed by atoms with Crippen LogP contribution in [0.1, 0.15) is 0 Å². The van der Waals surface area contributed by atoms with E-state index < -0.39 is 0 Å². The zero-order valence-electron chi connectivity index (χ0n) is 10.8. The smallest absolute Gasteiger partial charge is 0.262 e. The molecular weight excluding hydrogens is 288 g/mol. The normalized spacial score (nSPS) is 13.4. The van der Waals surface area contributed by atoms with Crippen LogP contribution < -0.4 is 15.4 Å². The van der Waals surface area contributed by atoms with Crippen LogP contribution in [0.5, 0.6) is 5.75 Å². The number of benzene rings is 1. The zero-order valence-corrected chi connectivity index (χ0v) is 11.6. The van der Waals surface area contributed by atoms with E-state index in [1.807, 2.05) is 29.6 Å². The number of amides is 1. The first-order valence-corrected chi connectivity index (χ1v) is 7.19. The molecule has 0 unspecified atom stereocenters. The van der Waals surface area contributed by atoms with Crippen molar-refractivity contribution in [1.82, 2.24) is 9.97 Å². The summed E-state index contributed by atoms with van der Waals surface area (Å²) in [7, 11) is 0. The Morgan fingerprint density at radius 2 is 2.24 bits per heavy atom. The first-order chi connectivity index (χ1) is 10.3. The molecule has 0 fully saturated rings. The van der Waals surface area contributed by atoms with Crippen molar-refractivity contribution in [1.29, 1.82) is 0 Å². The van der Waals surface area contributed by atoms with Gasteiger partial charge in [-0.3, -0.25) is 4.79 Å². The number of aromatic nitrogens is 2. The fourth-order valence-electron chi connectivity index (χ4n) is 2.17. The average molecular weight is 298 g/mol. The number of hydrogen-bond donors (Lipinski definition) is 2. The quantitative estimate of drug-likeness (QED) is 0.761. The minimum absolute atomic E-state index is 0.0408. The van der Waals surface area contributed by atoms with Gasteiger partial charge in [-0.05, 0) is 23.6 Å². The summed E-state index contributed by atoms with van der Waals surface area (Å²) in [6.45, 7) is 0.0408. The number of fused-ring (bicyclic) bond motifs is 2. The van der Waals surface area contributed by atoms with Crippen LogP contribution in [-0.4, -0.2) is 22.5 Å². The second-order valence-corrected chi connectivity index (χ2v) is 5.45. The summed E-state index contributed by atoms with van der Waals surface area (Å²) in [6, 6.07) is 7.48. The molecule has 4 rings (SSSR count). The molecule has 1 amide bonds. The third-order valence-electron chi connectivity index (χ3n) is 3.12. The van der Waals surface area contributed by atoms with Crippen LogP contribution in [0.2, 0.25) is 0 Å². The molecular formula is C14H10N4O2S. The van der Waals surface area contributed by atoms with Crippen LogP contribution in [0.25, 0.3) is 10.2 Å². The summed E-state index contributed by atoms with van der Waals surface area (Å²) in [5, 5.41) is 8.00. The van der Waals surface area contributed by atoms with Crippen molar-refractivity contribution in [3.8, 4) is 5.75 Å². The van der Waals surface area contributed by atoms with E-state index in [2.05, 4.69) is 20.6 Å². The van der Waals surface area contributed by atoms with Crippen LogP contribution in [-0.2, 0) is 4.79 Å². The number of rotatable bonds is 2. The Labute approximate surface area is 123 Å². The molecule has 0 saturated carbocycles. The van der Waals surface area contributed by atoms with Gasteiger partial charge in [0.15, 0.2) is 12.4 Å². The summed E-state index contributed by atoms with van der Waals surface area (Å²) in [6.07, 6.45) is 1.53. The predicted molar refractivity (Wildman–Crippen MR) is 81.3 cm³/mol. The summed E-state index contributed by atoms with van der Waals surface area (Å²) in [5.74, 6) is 1.27. The van der Waals surface area contributed by atoms with Gasteiger partial charge >= 0.3 is 0 Å². The molecule has 0 spiro atoms. The van der Waals surface area contributed by atoms with E-state index in [0.29, 0.717) is 11.4 Å². The van der Waals surface area contributed by atoms with Crippen molar-refractivity contribution in [2.24, 2.45) is 0 Å². The van der Waals surface area contributed by atoms with Gasteiger partial charge in [-0.25, -0.2) is 9.97 Å². The van der Waals surface area contributed by atoms with E-state index in [1.54, 1.807) is 11.3 Å². The van der Waals surface area contributed by atoms with Gasteiger partial charge in [0, 0.05) is 11.8 Å². The monoisotopic (exact) mass is 298 g/mol. The average Bonchev–Trinajstić information content (AvgIpc) is 2.97. The van der Waals surface area contributed by atoms with E-state index in [0.717, 1.165) is 21.7 Å². The Balaban J connectivity index is 1.68. The van der Waals surface area contributed by atoms with Crippen molar-refractivity contribution < 1.29 is 9.53 Å². The lowest BCUT2D eigenvalue weighted by atomic mass is 10.2. The summed E-state index contributed by atoms with van der Waals surface area (Å²) >= 11 is 1.59. The van der Waals surface area contributed by atoms with Gasteiger partial charge in [0.25, 0.3) is 5.91 Å². The van der Waals surface area contributed by atoms with E-state index in [4.69, 9.17) is 4.74 Å². The standard InChI is InChI=1S/C14H10N4O2S/c19-12-6-20-11-5-8(1-2-9(11)18-12)17-14-13-10(3-4-21-13)15-7-16-14/h1-5,7H,6H2,(H,18,19)(H,15,16,17). The number of ether oxygens (including phenoxy) is 1. The highest BCUT2D eigenvalue weighted by Gasteiger charge is 2.16. The molecule has 7 heteroatoms. The largest absolute Gasteiger partial charge is 0.482 e. The van der Waals surface area contributed by atoms with Crippen LogP contribution in [0.15, 0.2) is 36.0 Å². The van der Waals surface area contributed by atoms with Crippen LogP contribution in [0.3, 0.4) is 0 Å². The van der Waals surface area contributed by atoms with Gasteiger partial charge in [0.1, 0.15) is 12.1 Å². The lowest BCUT2D eigenvalue weighted by Crippen LogP contribution is -2.25. The fraction of sp³-hybridized carbons (Fsp3) is 0.0714. The van der Waals surface area contributed by atoms with Crippen molar-refractivity contribution in [3.63, 3.8) is 0 Å². The molecule has 0 bridgehead atoms. The first-order valence-electron chi connectivity index (χ1n) is 6.31. The van der Waals surface area contributed by atoms with Gasteiger partial charge in [0.05, 0.1) is 15.9 Å². The maximum atomic E-state index is 11.3. The number of anilines is 3. The molecule has 0 saturated heterocycles. The molecule has 3 heterocycles. The van der Waals surface area contributed by atoms with E-state index in [1.165, 1.54) is 6.33 Å². The molecule has 3 aromatic rings. The van der Waals surface area contributed by atoms with Gasteiger partial charge in [-0.1, -0.05) is 0 Å². The van der Waals surface area contributed by atoms with Gasteiger partial charge < -0.3 is 15.4 Å². The Morgan fingerprint density at radius 1 is 1.29 bits per heavy atom. The van der Waals surface area contributed by atoms with E-state index in [-0.39, 0.29) is 12.5 Å².